The Morgan fingerprint density at radius 3 is 2.07 bits per heavy atom. The summed E-state index contributed by atoms with van der Waals surface area (Å²) >= 11 is 0. The predicted octanol–water partition coefficient (Wildman–Crippen LogP) is 2.19. The van der Waals surface area contributed by atoms with Crippen molar-refractivity contribution in [1.29, 1.82) is 0 Å². The van der Waals surface area contributed by atoms with Gasteiger partial charge in [0.15, 0.2) is 35.6 Å². The summed E-state index contributed by atoms with van der Waals surface area (Å²) < 4.78 is 49.5. The molecule has 0 aromatic heterocycles. The number of carbonyl (C=O) groups is 5. The van der Waals surface area contributed by atoms with Gasteiger partial charge in [0.1, 0.15) is 28.9 Å². The fourth-order valence-corrected chi connectivity index (χ4v) is 5.00. The van der Waals surface area contributed by atoms with Gasteiger partial charge < -0.3 is 47.7 Å². The minimum absolute atomic E-state index is 0.0105. The molecule has 2 aliphatic rings. The van der Waals surface area contributed by atoms with Crippen molar-refractivity contribution in [2.75, 3.05) is 21.3 Å². The van der Waals surface area contributed by atoms with Crippen molar-refractivity contribution >= 4 is 29.7 Å². The van der Waals surface area contributed by atoms with E-state index in [1.807, 2.05) is 0 Å². The van der Waals surface area contributed by atoms with Gasteiger partial charge in [-0.1, -0.05) is 6.07 Å². The number of aromatic hydroxyl groups is 1. The molecule has 2 aromatic rings. The Labute approximate surface area is 257 Å². The molecule has 0 aliphatic carbocycles. The number of hydrogen-bond acceptors (Lipinski definition) is 15. The van der Waals surface area contributed by atoms with Gasteiger partial charge in [-0.15, -0.1) is 0 Å². The number of methoxy groups -OCH3 is 3. The van der Waals surface area contributed by atoms with Crippen LogP contribution in [0.1, 0.15) is 49.2 Å². The largest absolute Gasteiger partial charge is 0.507 e. The molecular formula is C30H32O15. The van der Waals surface area contributed by atoms with Crippen LogP contribution in [0.4, 0.5) is 0 Å². The third-order valence-electron chi connectivity index (χ3n) is 6.85. The summed E-state index contributed by atoms with van der Waals surface area (Å²) in [6.07, 6.45) is -9.00. The van der Waals surface area contributed by atoms with Crippen LogP contribution < -0.4 is 18.9 Å². The molecule has 2 aromatic carbocycles. The molecule has 1 unspecified atom stereocenters. The van der Waals surface area contributed by atoms with Gasteiger partial charge in [-0.3, -0.25) is 19.2 Å². The zero-order chi connectivity index (χ0) is 33.0. The number of Topliss-reactive ketones (excluding diaryl/α,β-unsaturated/α-hetero) is 1. The minimum atomic E-state index is -1.67. The number of ketones is 1. The number of benzene rings is 2. The van der Waals surface area contributed by atoms with E-state index in [-0.39, 0.29) is 46.5 Å². The van der Waals surface area contributed by atoms with E-state index in [0.717, 1.165) is 27.9 Å². The Balaban J connectivity index is 1.74. The molecule has 0 bridgehead atoms. The first kappa shape index (κ1) is 32.9. The lowest BCUT2D eigenvalue weighted by Gasteiger charge is -2.43. The highest BCUT2D eigenvalue weighted by atomic mass is 16.7. The van der Waals surface area contributed by atoms with Crippen LogP contribution in [-0.2, 0) is 42.9 Å². The molecule has 1 N–H and O–H groups in total. The van der Waals surface area contributed by atoms with Crippen LogP contribution in [0.2, 0.25) is 0 Å². The van der Waals surface area contributed by atoms with Crippen molar-refractivity contribution in [3.05, 3.63) is 41.5 Å². The lowest BCUT2D eigenvalue weighted by Crippen LogP contribution is -2.64. The van der Waals surface area contributed by atoms with E-state index in [2.05, 4.69) is 0 Å². The second-order valence-corrected chi connectivity index (χ2v) is 9.95. The van der Waals surface area contributed by atoms with E-state index in [1.165, 1.54) is 38.5 Å². The number of ether oxygens (including phenoxy) is 9. The highest BCUT2D eigenvalue weighted by Crippen LogP contribution is 2.43. The Hall–Kier alpha value is -5.05. The van der Waals surface area contributed by atoms with Gasteiger partial charge in [0.2, 0.25) is 12.4 Å². The van der Waals surface area contributed by atoms with Gasteiger partial charge in [-0.2, -0.15) is 0 Å². The summed E-state index contributed by atoms with van der Waals surface area (Å²) in [4.78, 5) is 61.9. The molecule has 0 spiro atoms. The number of phenolic OH excluding ortho intramolecular Hbond substituents is 1. The maximum absolute atomic E-state index is 13.0. The van der Waals surface area contributed by atoms with Gasteiger partial charge in [-0.25, -0.2) is 4.79 Å². The summed E-state index contributed by atoms with van der Waals surface area (Å²) in [5, 5.41) is 10.3. The topological polar surface area (TPSA) is 189 Å². The van der Waals surface area contributed by atoms with Gasteiger partial charge in [0.25, 0.3) is 0 Å². The molecular weight excluding hydrogens is 600 g/mol. The molecule has 2 aliphatic heterocycles. The summed E-state index contributed by atoms with van der Waals surface area (Å²) in [5.74, 6) is -3.66. The number of fused-ring (bicyclic) bond motifs is 1. The van der Waals surface area contributed by atoms with Crippen LogP contribution >= 0.6 is 0 Å². The molecule has 0 radical (unpaired) electrons. The maximum atomic E-state index is 13.0. The smallest absolute Gasteiger partial charge is 0.339 e. The number of esters is 4. The normalized spacial score (nSPS) is 23.8. The quantitative estimate of drug-likeness (QED) is 0.313. The second-order valence-electron chi connectivity index (χ2n) is 9.95. The molecule has 0 amide bonds. The summed E-state index contributed by atoms with van der Waals surface area (Å²) in [5.41, 5.74) is 0.454. The third kappa shape index (κ3) is 7.20. The average molecular weight is 633 g/mol. The fraction of sp³-hybridized carbons (Fsp3) is 0.433. The van der Waals surface area contributed by atoms with E-state index in [1.54, 1.807) is 6.07 Å². The first-order valence-corrected chi connectivity index (χ1v) is 13.6. The Kier molecular flexibility index (Phi) is 10.0. The lowest BCUT2D eigenvalue weighted by molar-refractivity contribution is -0.282. The van der Waals surface area contributed by atoms with E-state index >= 15 is 0 Å². The van der Waals surface area contributed by atoms with Crippen molar-refractivity contribution < 1.29 is 71.7 Å². The minimum Gasteiger partial charge on any atom is -0.507 e. The molecule has 15 nitrogen and oxygen atoms in total. The van der Waals surface area contributed by atoms with E-state index in [0.29, 0.717) is 5.56 Å². The Bertz CT molecular complexity index is 1480. The summed E-state index contributed by atoms with van der Waals surface area (Å²) in [7, 11) is 3.82. The van der Waals surface area contributed by atoms with Crippen molar-refractivity contribution in [2.24, 2.45) is 0 Å². The van der Waals surface area contributed by atoms with Crippen LogP contribution in [0.15, 0.2) is 30.3 Å². The number of carbonyl (C=O) groups excluding carboxylic acids is 5. The number of hydrogen-bond donors (Lipinski definition) is 1. The van der Waals surface area contributed by atoms with Gasteiger partial charge in [0.05, 0.1) is 27.8 Å². The predicted molar refractivity (Wildman–Crippen MR) is 148 cm³/mol. The van der Waals surface area contributed by atoms with Gasteiger partial charge >= 0.3 is 23.9 Å². The standard InChI is InChI=1S/C30H32O15/c1-13(31)40-25-26(41-14(2)32)28(42-15(3)33)30(45-27(25)29(36)39-6)44-22-9-16(7-8-20(22)38-5)21-12-19(35)24-18(34)10-17(37-4)11-23(24)43-21/h7-11,21,25-28,30,34H,12H2,1-6H3/t21?,25-,26-,27-,28+,30+/m0/s1. The molecule has 45 heavy (non-hydrogen) atoms. The van der Waals surface area contributed by atoms with Crippen molar-refractivity contribution in [1.82, 2.24) is 0 Å². The average Bonchev–Trinajstić information content (AvgIpc) is 2.98. The highest BCUT2D eigenvalue weighted by Gasteiger charge is 2.56. The Morgan fingerprint density at radius 1 is 0.822 bits per heavy atom. The molecule has 4 rings (SSSR count). The molecule has 2 heterocycles. The van der Waals surface area contributed by atoms with E-state index in [9.17, 15) is 29.1 Å². The molecule has 1 saturated heterocycles. The first-order chi connectivity index (χ1) is 21.4. The monoisotopic (exact) mass is 632 g/mol. The highest BCUT2D eigenvalue weighted by molar-refractivity contribution is 6.02. The zero-order valence-corrected chi connectivity index (χ0v) is 25.2. The molecule has 242 valence electrons. The SMILES string of the molecule is COC(=O)[C@H]1O[C@@H](Oc2cc(C3CC(=O)c4c(O)cc(OC)cc4O3)ccc2OC)[C@H](OC(C)=O)[C@@H](OC(C)=O)[C@@H]1OC(C)=O. The molecule has 6 atom stereocenters. The Morgan fingerprint density at radius 2 is 1.47 bits per heavy atom. The fourth-order valence-electron chi connectivity index (χ4n) is 5.00. The van der Waals surface area contributed by atoms with Crippen LogP contribution in [0.5, 0.6) is 28.7 Å². The van der Waals surface area contributed by atoms with Crippen molar-refractivity contribution in [3.63, 3.8) is 0 Å². The molecule has 1 fully saturated rings. The van der Waals surface area contributed by atoms with Crippen molar-refractivity contribution in [2.45, 2.75) is 64.0 Å². The van der Waals surface area contributed by atoms with Crippen LogP contribution in [0.3, 0.4) is 0 Å². The van der Waals surface area contributed by atoms with Crippen LogP contribution in [-0.4, -0.2) is 86.8 Å². The van der Waals surface area contributed by atoms with Crippen LogP contribution in [0, 0.1) is 0 Å². The molecule has 15 heteroatoms. The van der Waals surface area contributed by atoms with Crippen LogP contribution in [0.25, 0.3) is 0 Å². The zero-order valence-electron chi connectivity index (χ0n) is 25.2. The van der Waals surface area contributed by atoms with Gasteiger partial charge in [0, 0.05) is 32.9 Å². The lowest BCUT2D eigenvalue weighted by atomic mass is 9.95. The van der Waals surface area contributed by atoms with Gasteiger partial charge in [-0.05, 0) is 17.7 Å². The summed E-state index contributed by atoms with van der Waals surface area (Å²) in [6.45, 7) is 3.21. The second kappa shape index (κ2) is 13.7. The first-order valence-electron chi connectivity index (χ1n) is 13.6. The maximum Gasteiger partial charge on any atom is 0.339 e. The third-order valence-corrected chi connectivity index (χ3v) is 6.85. The van der Waals surface area contributed by atoms with E-state index in [4.69, 9.17) is 42.6 Å². The summed E-state index contributed by atoms with van der Waals surface area (Å²) in [6, 6.07) is 7.39. The number of phenols is 1. The molecule has 0 saturated carbocycles. The van der Waals surface area contributed by atoms with E-state index < -0.39 is 60.7 Å². The van der Waals surface area contributed by atoms with Crippen molar-refractivity contribution in [3.8, 4) is 28.7 Å². The number of rotatable bonds is 9.